The van der Waals surface area contributed by atoms with E-state index in [-0.39, 0.29) is 11.3 Å². The summed E-state index contributed by atoms with van der Waals surface area (Å²) in [6.45, 7) is 4.00. The van der Waals surface area contributed by atoms with Crippen LogP contribution in [-0.2, 0) is 9.59 Å². The summed E-state index contributed by atoms with van der Waals surface area (Å²) >= 11 is 0. The van der Waals surface area contributed by atoms with E-state index in [1.807, 2.05) is 6.92 Å². The predicted octanol–water partition coefficient (Wildman–Crippen LogP) is 3.03. The van der Waals surface area contributed by atoms with Crippen molar-refractivity contribution in [3.05, 3.63) is 0 Å². The van der Waals surface area contributed by atoms with Gasteiger partial charge in [0, 0.05) is 11.8 Å². The zero-order valence-corrected chi connectivity index (χ0v) is 10.3. The molecular weight excluding hydrogens is 204 g/mol. The summed E-state index contributed by atoms with van der Waals surface area (Å²) in [5.74, 6) is -0.595. The Bertz CT molecular complexity index is 262. The Morgan fingerprint density at radius 2 is 1.81 bits per heavy atom. The van der Waals surface area contributed by atoms with E-state index in [1.165, 1.54) is 0 Å². The molecular formula is C13H22O3. The van der Waals surface area contributed by atoms with Crippen LogP contribution in [0.2, 0.25) is 0 Å². The van der Waals surface area contributed by atoms with Gasteiger partial charge in [-0.2, -0.15) is 0 Å². The van der Waals surface area contributed by atoms with Crippen LogP contribution >= 0.6 is 0 Å². The summed E-state index contributed by atoms with van der Waals surface area (Å²) in [6.07, 6.45) is 5.38. The number of carboxylic acid groups (broad SMARTS) is 1. The maximum Gasteiger partial charge on any atom is 0.306 e. The number of aliphatic carboxylic acids is 1. The molecule has 1 N–H and O–H groups in total. The number of ketones is 1. The molecule has 0 aromatic carbocycles. The van der Waals surface area contributed by atoms with Crippen molar-refractivity contribution in [2.45, 2.75) is 58.8 Å². The van der Waals surface area contributed by atoms with Crippen LogP contribution in [0.3, 0.4) is 0 Å². The van der Waals surface area contributed by atoms with Gasteiger partial charge in [-0.1, -0.05) is 20.3 Å². The second-order valence-corrected chi connectivity index (χ2v) is 4.92. The molecule has 0 aromatic heterocycles. The van der Waals surface area contributed by atoms with Crippen molar-refractivity contribution in [3.8, 4) is 0 Å². The lowest BCUT2D eigenvalue weighted by Gasteiger charge is -2.37. The van der Waals surface area contributed by atoms with E-state index in [0.29, 0.717) is 25.0 Å². The molecule has 0 spiro atoms. The molecule has 3 heteroatoms. The number of hydrogen-bond donors (Lipinski definition) is 1. The molecule has 0 atom stereocenters. The lowest BCUT2D eigenvalue weighted by molar-refractivity contribution is -0.146. The molecule has 0 heterocycles. The van der Waals surface area contributed by atoms with Crippen LogP contribution < -0.4 is 0 Å². The Morgan fingerprint density at radius 3 is 2.19 bits per heavy atom. The number of carboxylic acids is 1. The SMILES string of the molecule is CCCC1(C(=O)CC)CCC(C(=O)O)CC1. The molecule has 0 aromatic rings. The lowest BCUT2D eigenvalue weighted by Crippen LogP contribution is -2.36. The van der Waals surface area contributed by atoms with Gasteiger partial charge in [0.2, 0.25) is 0 Å². The van der Waals surface area contributed by atoms with Crippen LogP contribution in [0.25, 0.3) is 0 Å². The third-order valence-electron chi connectivity index (χ3n) is 3.93. The van der Waals surface area contributed by atoms with Crippen molar-refractivity contribution < 1.29 is 14.7 Å². The monoisotopic (exact) mass is 226 g/mol. The number of rotatable bonds is 5. The van der Waals surface area contributed by atoms with Gasteiger partial charge >= 0.3 is 5.97 Å². The predicted molar refractivity (Wildman–Crippen MR) is 62.2 cm³/mol. The molecule has 0 radical (unpaired) electrons. The van der Waals surface area contributed by atoms with Crippen LogP contribution in [0.1, 0.15) is 58.8 Å². The van der Waals surface area contributed by atoms with Crippen molar-refractivity contribution in [1.82, 2.24) is 0 Å². The summed E-state index contributed by atoms with van der Waals surface area (Å²) in [6, 6.07) is 0. The highest BCUT2D eigenvalue weighted by Crippen LogP contribution is 2.43. The Hall–Kier alpha value is -0.860. The molecule has 1 fully saturated rings. The minimum absolute atomic E-state index is 0.199. The van der Waals surface area contributed by atoms with Crippen LogP contribution in [0.15, 0.2) is 0 Å². The summed E-state index contributed by atoms with van der Waals surface area (Å²) < 4.78 is 0. The normalized spacial score (nSPS) is 30.0. The molecule has 0 saturated heterocycles. The first-order chi connectivity index (χ1) is 7.55. The van der Waals surface area contributed by atoms with E-state index < -0.39 is 5.97 Å². The minimum atomic E-state index is -0.700. The van der Waals surface area contributed by atoms with Gasteiger partial charge < -0.3 is 5.11 Å². The first kappa shape index (κ1) is 13.2. The molecule has 0 amide bonds. The van der Waals surface area contributed by atoms with Crippen molar-refractivity contribution in [1.29, 1.82) is 0 Å². The molecule has 0 aliphatic heterocycles. The first-order valence-electron chi connectivity index (χ1n) is 6.32. The number of Topliss-reactive ketones (excluding diaryl/α,β-unsaturated/α-hetero) is 1. The van der Waals surface area contributed by atoms with Gasteiger partial charge in [-0.15, -0.1) is 0 Å². The fourth-order valence-corrected chi connectivity index (χ4v) is 2.94. The van der Waals surface area contributed by atoms with E-state index in [2.05, 4.69) is 6.92 Å². The lowest BCUT2D eigenvalue weighted by atomic mass is 9.65. The standard InChI is InChI=1S/C13H22O3/c1-3-7-13(11(14)4-2)8-5-10(6-9-13)12(15)16/h10H,3-9H2,1-2H3,(H,15,16). The smallest absolute Gasteiger partial charge is 0.306 e. The topological polar surface area (TPSA) is 54.4 Å². The van der Waals surface area contributed by atoms with Crippen molar-refractivity contribution in [3.63, 3.8) is 0 Å². The largest absolute Gasteiger partial charge is 0.481 e. The van der Waals surface area contributed by atoms with Gasteiger partial charge in [-0.3, -0.25) is 9.59 Å². The molecule has 1 aliphatic carbocycles. The zero-order valence-electron chi connectivity index (χ0n) is 10.3. The highest BCUT2D eigenvalue weighted by Gasteiger charge is 2.41. The highest BCUT2D eigenvalue weighted by molar-refractivity contribution is 5.85. The van der Waals surface area contributed by atoms with Gasteiger partial charge in [-0.05, 0) is 32.1 Å². The van der Waals surface area contributed by atoms with Crippen LogP contribution in [0.4, 0.5) is 0 Å². The highest BCUT2D eigenvalue weighted by atomic mass is 16.4. The average molecular weight is 226 g/mol. The average Bonchev–Trinajstić information content (AvgIpc) is 2.29. The third-order valence-corrected chi connectivity index (χ3v) is 3.93. The molecule has 3 nitrogen and oxygen atoms in total. The molecule has 0 unspecified atom stereocenters. The summed E-state index contributed by atoms with van der Waals surface area (Å²) in [4.78, 5) is 22.9. The van der Waals surface area contributed by atoms with Crippen LogP contribution in [0.5, 0.6) is 0 Å². The van der Waals surface area contributed by atoms with Crippen molar-refractivity contribution >= 4 is 11.8 Å². The molecule has 16 heavy (non-hydrogen) atoms. The molecule has 1 rings (SSSR count). The fraction of sp³-hybridized carbons (Fsp3) is 0.846. The maximum absolute atomic E-state index is 12.0. The second-order valence-electron chi connectivity index (χ2n) is 4.92. The first-order valence-corrected chi connectivity index (χ1v) is 6.32. The zero-order chi connectivity index (χ0) is 12.2. The van der Waals surface area contributed by atoms with Crippen molar-refractivity contribution in [2.24, 2.45) is 11.3 Å². The Balaban J connectivity index is 2.69. The summed E-state index contributed by atoms with van der Waals surface area (Å²) in [5, 5.41) is 8.95. The maximum atomic E-state index is 12.0. The van der Waals surface area contributed by atoms with E-state index >= 15 is 0 Å². The van der Waals surface area contributed by atoms with Crippen LogP contribution in [-0.4, -0.2) is 16.9 Å². The van der Waals surface area contributed by atoms with E-state index in [0.717, 1.165) is 25.7 Å². The van der Waals surface area contributed by atoms with E-state index in [1.54, 1.807) is 0 Å². The Labute approximate surface area is 97.2 Å². The molecule has 1 saturated carbocycles. The van der Waals surface area contributed by atoms with Crippen LogP contribution in [0, 0.1) is 11.3 Å². The number of carbonyl (C=O) groups excluding carboxylic acids is 1. The van der Waals surface area contributed by atoms with Gasteiger partial charge in [0.05, 0.1) is 5.92 Å². The van der Waals surface area contributed by atoms with Gasteiger partial charge in [0.1, 0.15) is 5.78 Å². The molecule has 92 valence electrons. The second kappa shape index (κ2) is 5.46. The third kappa shape index (κ3) is 2.63. The van der Waals surface area contributed by atoms with E-state index in [9.17, 15) is 9.59 Å². The van der Waals surface area contributed by atoms with Gasteiger partial charge in [0.25, 0.3) is 0 Å². The number of hydrogen-bond acceptors (Lipinski definition) is 2. The van der Waals surface area contributed by atoms with E-state index in [4.69, 9.17) is 5.11 Å². The van der Waals surface area contributed by atoms with Gasteiger partial charge in [0.15, 0.2) is 0 Å². The molecule has 0 bridgehead atoms. The summed E-state index contributed by atoms with van der Waals surface area (Å²) in [5.41, 5.74) is -0.199. The minimum Gasteiger partial charge on any atom is -0.481 e. The summed E-state index contributed by atoms with van der Waals surface area (Å²) in [7, 11) is 0. The Kier molecular flexibility index (Phi) is 4.51. The quantitative estimate of drug-likeness (QED) is 0.784. The Morgan fingerprint density at radius 1 is 1.25 bits per heavy atom. The van der Waals surface area contributed by atoms with Crippen molar-refractivity contribution in [2.75, 3.05) is 0 Å². The fourth-order valence-electron chi connectivity index (χ4n) is 2.94. The number of carbonyl (C=O) groups is 2. The molecule has 1 aliphatic rings. The van der Waals surface area contributed by atoms with Gasteiger partial charge in [-0.25, -0.2) is 0 Å².